The molecule has 0 spiro atoms. The number of nitrogens with zero attached hydrogens (tertiary/aromatic N) is 2. The van der Waals surface area contributed by atoms with Gasteiger partial charge in [0, 0.05) is 38.5 Å². The first-order chi connectivity index (χ1) is 6.89. The quantitative estimate of drug-likeness (QED) is 0.645. The first-order valence-corrected chi connectivity index (χ1v) is 6.97. The van der Waals surface area contributed by atoms with E-state index in [9.17, 15) is 13.2 Å². The number of sulfonamides is 1. The van der Waals surface area contributed by atoms with Crippen LogP contribution in [0.2, 0.25) is 0 Å². The fourth-order valence-electron chi connectivity index (χ4n) is 2.28. The standard InChI is InChI=1S/C9H16N2O3S/c1-7(12)10-5-8(6-10)9-3-4-11(9)15(2,13)14/h8-9H,3-6H2,1-2H3. The minimum atomic E-state index is -3.04. The van der Waals surface area contributed by atoms with Crippen LogP contribution < -0.4 is 0 Å². The molecule has 2 fully saturated rings. The van der Waals surface area contributed by atoms with Crippen molar-refractivity contribution < 1.29 is 13.2 Å². The van der Waals surface area contributed by atoms with Gasteiger partial charge < -0.3 is 4.90 Å². The molecular formula is C9H16N2O3S. The van der Waals surface area contributed by atoms with Crippen LogP contribution in [0, 0.1) is 5.92 Å². The van der Waals surface area contributed by atoms with Crippen LogP contribution in [0.1, 0.15) is 13.3 Å². The van der Waals surface area contributed by atoms with Crippen LogP contribution in [0.5, 0.6) is 0 Å². The molecule has 2 saturated heterocycles. The van der Waals surface area contributed by atoms with Gasteiger partial charge in [0.1, 0.15) is 0 Å². The minimum absolute atomic E-state index is 0.0801. The summed E-state index contributed by atoms with van der Waals surface area (Å²) in [4.78, 5) is 12.7. The molecule has 0 saturated carbocycles. The first kappa shape index (κ1) is 10.9. The third-order valence-corrected chi connectivity index (χ3v) is 4.65. The molecule has 2 aliphatic rings. The average molecular weight is 232 g/mol. The second-order valence-corrected chi connectivity index (χ2v) is 6.35. The highest BCUT2D eigenvalue weighted by Gasteiger charge is 2.45. The van der Waals surface area contributed by atoms with Gasteiger partial charge in [-0.3, -0.25) is 4.79 Å². The number of hydrogen-bond donors (Lipinski definition) is 0. The van der Waals surface area contributed by atoms with E-state index >= 15 is 0 Å². The number of amides is 1. The minimum Gasteiger partial charge on any atom is -0.342 e. The molecule has 0 aromatic heterocycles. The second-order valence-electron chi connectivity index (χ2n) is 4.41. The molecule has 2 heterocycles. The van der Waals surface area contributed by atoms with E-state index in [1.54, 1.807) is 16.1 Å². The summed E-state index contributed by atoms with van der Waals surface area (Å²) in [5, 5.41) is 0. The van der Waals surface area contributed by atoms with Gasteiger partial charge in [0.2, 0.25) is 15.9 Å². The molecule has 0 radical (unpaired) electrons. The third-order valence-electron chi connectivity index (χ3n) is 3.34. The van der Waals surface area contributed by atoms with Crippen molar-refractivity contribution in [3.8, 4) is 0 Å². The average Bonchev–Trinajstić information content (AvgIpc) is 1.87. The maximum atomic E-state index is 11.3. The van der Waals surface area contributed by atoms with Crippen LogP contribution in [-0.4, -0.2) is 55.5 Å². The summed E-state index contributed by atoms with van der Waals surface area (Å²) in [6.45, 7) is 3.61. The molecule has 0 aliphatic carbocycles. The van der Waals surface area contributed by atoms with Gasteiger partial charge in [0.05, 0.1) is 6.26 Å². The largest absolute Gasteiger partial charge is 0.342 e. The highest BCUT2D eigenvalue weighted by atomic mass is 32.2. The van der Waals surface area contributed by atoms with Crippen molar-refractivity contribution in [2.24, 2.45) is 5.92 Å². The van der Waals surface area contributed by atoms with Crippen LogP contribution in [0.3, 0.4) is 0 Å². The highest BCUT2D eigenvalue weighted by Crippen LogP contribution is 2.32. The highest BCUT2D eigenvalue weighted by molar-refractivity contribution is 7.88. The zero-order chi connectivity index (χ0) is 11.2. The van der Waals surface area contributed by atoms with E-state index in [1.807, 2.05) is 0 Å². The molecule has 6 heteroatoms. The molecule has 0 aromatic rings. The summed E-state index contributed by atoms with van der Waals surface area (Å²) in [5.74, 6) is 0.425. The summed E-state index contributed by atoms with van der Waals surface area (Å²) in [6.07, 6.45) is 2.18. The Labute approximate surface area is 90.1 Å². The number of carbonyl (C=O) groups is 1. The van der Waals surface area contributed by atoms with E-state index in [-0.39, 0.29) is 11.9 Å². The molecule has 0 aromatic carbocycles. The Balaban J connectivity index is 1.91. The molecule has 1 amide bonds. The number of carbonyl (C=O) groups excluding carboxylic acids is 1. The van der Waals surface area contributed by atoms with Crippen LogP contribution in [0.4, 0.5) is 0 Å². The first-order valence-electron chi connectivity index (χ1n) is 5.12. The lowest BCUT2D eigenvalue weighted by atomic mass is 9.85. The zero-order valence-corrected chi connectivity index (χ0v) is 9.83. The van der Waals surface area contributed by atoms with Crippen LogP contribution in [-0.2, 0) is 14.8 Å². The van der Waals surface area contributed by atoms with Gasteiger partial charge >= 0.3 is 0 Å². The van der Waals surface area contributed by atoms with Crippen molar-refractivity contribution in [2.75, 3.05) is 25.9 Å². The summed E-state index contributed by atoms with van der Waals surface area (Å²) in [6, 6.07) is 0.135. The molecule has 1 unspecified atom stereocenters. The third kappa shape index (κ3) is 1.88. The van der Waals surface area contributed by atoms with E-state index in [2.05, 4.69) is 0 Å². The van der Waals surface area contributed by atoms with Gasteiger partial charge in [0.15, 0.2) is 0 Å². The zero-order valence-electron chi connectivity index (χ0n) is 9.01. The van der Waals surface area contributed by atoms with Crippen molar-refractivity contribution in [1.82, 2.24) is 9.21 Å². The van der Waals surface area contributed by atoms with E-state index in [0.717, 1.165) is 6.42 Å². The summed E-state index contributed by atoms with van der Waals surface area (Å²) in [7, 11) is -3.04. The monoisotopic (exact) mass is 232 g/mol. The number of likely N-dealkylation sites (tertiary alicyclic amines) is 1. The summed E-state index contributed by atoms with van der Waals surface area (Å²) >= 11 is 0. The Kier molecular flexibility index (Phi) is 2.50. The van der Waals surface area contributed by atoms with Gasteiger partial charge in [-0.05, 0) is 6.42 Å². The molecular weight excluding hydrogens is 216 g/mol. The smallest absolute Gasteiger partial charge is 0.219 e. The molecule has 5 nitrogen and oxygen atoms in total. The van der Waals surface area contributed by atoms with Crippen LogP contribution in [0.15, 0.2) is 0 Å². The Morgan fingerprint density at radius 3 is 2.27 bits per heavy atom. The van der Waals surface area contributed by atoms with Crippen molar-refractivity contribution >= 4 is 15.9 Å². The van der Waals surface area contributed by atoms with Crippen LogP contribution in [0.25, 0.3) is 0 Å². The molecule has 15 heavy (non-hydrogen) atoms. The number of rotatable bonds is 2. The van der Waals surface area contributed by atoms with E-state index in [1.165, 1.54) is 6.26 Å². The van der Waals surface area contributed by atoms with Crippen molar-refractivity contribution in [3.05, 3.63) is 0 Å². The van der Waals surface area contributed by atoms with Gasteiger partial charge in [-0.2, -0.15) is 4.31 Å². The van der Waals surface area contributed by atoms with Crippen molar-refractivity contribution in [2.45, 2.75) is 19.4 Å². The topological polar surface area (TPSA) is 57.7 Å². The van der Waals surface area contributed by atoms with Gasteiger partial charge in [-0.25, -0.2) is 8.42 Å². The molecule has 0 bridgehead atoms. The molecule has 0 N–H and O–H groups in total. The normalized spacial score (nSPS) is 28.4. The Hall–Kier alpha value is -0.620. The Bertz CT molecular complexity index is 373. The van der Waals surface area contributed by atoms with Crippen LogP contribution >= 0.6 is 0 Å². The summed E-state index contributed by atoms with van der Waals surface area (Å²) < 4.78 is 24.2. The fourth-order valence-corrected chi connectivity index (χ4v) is 3.49. The van der Waals surface area contributed by atoms with Gasteiger partial charge in [-0.1, -0.05) is 0 Å². The maximum Gasteiger partial charge on any atom is 0.219 e. The van der Waals surface area contributed by atoms with Gasteiger partial charge in [0.25, 0.3) is 0 Å². The lowest BCUT2D eigenvalue weighted by molar-refractivity contribution is -0.137. The number of hydrogen-bond acceptors (Lipinski definition) is 3. The molecule has 86 valence electrons. The summed E-state index contributed by atoms with van der Waals surface area (Å²) in [5.41, 5.74) is 0. The molecule has 2 aliphatic heterocycles. The lowest BCUT2D eigenvalue weighted by Gasteiger charge is -2.50. The van der Waals surface area contributed by atoms with Gasteiger partial charge in [-0.15, -0.1) is 0 Å². The Morgan fingerprint density at radius 2 is 1.93 bits per heavy atom. The molecule has 1 atom stereocenters. The van der Waals surface area contributed by atoms with Crippen molar-refractivity contribution in [1.29, 1.82) is 0 Å². The van der Waals surface area contributed by atoms with E-state index in [4.69, 9.17) is 0 Å². The van der Waals surface area contributed by atoms with E-state index in [0.29, 0.717) is 25.6 Å². The molecule has 2 rings (SSSR count). The Morgan fingerprint density at radius 1 is 1.33 bits per heavy atom. The van der Waals surface area contributed by atoms with Crippen molar-refractivity contribution in [3.63, 3.8) is 0 Å². The predicted molar refractivity (Wildman–Crippen MR) is 55.7 cm³/mol. The predicted octanol–water partition coefficient (Wildman–Crippen LogP) is -0.501. The SMILES string of the molecule is CC(=O)N1CC(C2CCN2S(C)(=O)=O)C1. The maximum absolute atomic E-state index is 11.3. The second kappa shape index (κ2) is 3.45. The van der Waals surface area contributed by atoms with E-state index < -0.39 is 10.0 Å². The lowest BCUT2D eigenvalue weighted by Crippen LogP contribution is -2.63. The fraction of sp³-hybridized carbons (Fsp3) is 0.889.